The standard InChI is InChI=1S/C28H32N4O4S/c1-5-7-8-26-31-32-28(37-26)30-27(33)22(18-29)15-21-9-10-24(25(17-21)34-4)36-12-11-35-23-14-19(3)13-20(6-2)16-23/h9-10,13-17H,5-8,11-12H2,1-4H3,(H,30,32,33). The molecule has 1 aromatic heterocycles. The van der Waals surface area contributed by atoms with Gasteiger partial charge in [0.2, 0.25) is 5.13 Å². The molecule has 194 valence electrons. The third-order valence-electron chi connectivity index (χ3n) is 5.42. The highest BCUT2D eigenvalue weighted by Gasteiger charge is 2.14. The zero-order valence-corrected chi connectivity index (χ0v) is 22.5. The quantitative estimate of drug-likeness (QED) is 0.173. The van der Waals surface area contributed by atoms with Crippen molar-refractivity contribution in [3.05, 3.63) is 63.7 Å². The zero-order chi connectivity index (χ0) is 26.6. The maximum atomic E-state index is 12.6. The first-order valence-corrected chi connectivity index (χ1v) is 13.1. The van der Waals surface area contributed by atoms with Gasteiger partial charge in [0.05, 0.1) is 7.11 Å². The topological polar surface area (TPSA) is 106 Å². The average Bonchev–Trinajstić information content (AvgIpc) is 3.35. The van der Waals surface area contributed by atoms with Crippen LogP contribution in [0, 0.1) is 18.3 Å². The number of amides is 1. The summed E-state index contributed by atoms with van der Waals surface area (Å²) in [5.74, 6) is 1.30. The Bertz CT molecular complexity index is 1280. The predicted molar refractivity (Wildman–Crippen MR) is 145 cm³/mol. The number of hydrogen-bond acceptors (Lipinski definition) is 8. The van der Waals surface area contributed by atoms with E-state index in [0.717, 1.165) is 42.0 Å². The van der Waals surface area contributed by atoms with Gasteiger partial charge in [-0.15, -0.1) is 10.2 Å². The van der Waals surface area contributed by atoms with E-state index in [-0.39, 0.29) is 5.57 Å². The maximum Gasteiger partial charge on any atom is 0.268 e. The summed E-state index contributed by atoms with van der Waals surface area (Å²) in [7, 11) is 1.54. The first kappa shape index (κ1) is 27.7. The highest BCUT2D eigenvalue weighted by atomic mass is 32.1. The molecule has 0 aliphatic rings. The SMILES string of the molecule is CCCCc1nnc(NC(=O)C(C#N)=Cc2ccc(OCCOc3cc(C)cc(CC)c3)c(OC)c2)s1. The molecular formula is C28H32N4O4S. The van der Waals surface area contributed by atoms with Gasteiger partial charge in [0.1, 0.15) is 35.6 Å². The molecule has 0 bridgehead atoms. The van der Waals surface area contributed by atoms with Crippen LogP contribution in [-0.4, -0.2) is 36.4 Å². The maximum absolute atomic E-state index is 12.6. The lowest BCUT2D eigenvalue weighted by molar-refractivity contribution is -0.112. The number of methoxy groups -OCH3 is 1. The summed E-state index contributed by atoms with van der Waals surface area (Å²) in [4.78, 5) is 12.6. The number of unbranched alkanes of at least 4 members (excludes halogenated alkanes) is 1. The molecule has 0 fully saturated rings. The fourth-order valence-corrected chi connectivity index (χ4v) is 4.31. The number of nitrogens with zero attached hydrogens (tertiary/aromatic N) is 3. The van der Waals surface area contributed by atoms with Crippen molar-refractivity contribution in [1.82, 2.24) is 10.2 Å². The van der Waals surface area contributed by atoms with Crippen LogP contribution in [0.1, 0.15) is 48.4 Å². The van der Waals surface area contributed by atoms with Crippen LogP contribution in [0.2, 0.25) is 0 Å². The van der Waals surface area contributed by atoms with Crippen LogP contribution in [0.3, 0.4) is 0 Å². The van der Waals surface area contributed by atoms with Gasteiger partial charge in [-0.2, -0.15) is 5.26 Å². The fourth-order valence-electron chi connectivity index (χ4n) is 3.53. The molecule has 0 saturated heterocycles. The van der Waals surface area contributed by atoms with Crippen molar-refractivity contribution < 1.29 is 19.0 Å². The lowest BCUT2D eigenvalue weighted by atomic mass is 10.1. The fraction of sp³-hybridized carbons (Fsp3) is 0.357. The van der Waals surface area contributed by atoms with Crippen molar-refractivity contribution in [3.63, 3.8) is 0 Å². The van der Waals surface area contributed by atoms with Gasteiger partial charge in [-0.25, -0.2) is 0 Å². The van der Waals surface area contributed by atoms with E-state index in [2.05, 4.69) is 35.4 Å². The Morgan fingerprint density at radius 2 is 1.92 bits per heavy atom. The number of hydrogen-bond donors (Lipinski definition) is 1. The molecule has 2 aromatic carbocycles. The van der Waals surface area contributed by atoms with E-state index >= 15 is 0 Å². The van der Waals surface area contributed by atoms with E-state index in [1.54, 1.807) is 18.2 Å². The Hall–Kier alpha value is -3.90. The summed E-state index contributed by atoms with van der Waals surface area (Å²) in [5.41, 5.74) is 2.96. The molecule has 37 heavy (non-hydrogen) atoms. The predicted octanol–water partition coefficient (Wildman–Crippen LogP) is 5.76. The number of ether oxygens (including phenoxy) is 3. The van der Waals surface area contributed by atoms with Gasteiger partial charge in [0.25, 0.3) is 5.91 Å². The molecule has 0 spiro atoms. The second-order valence-electron chi connectivity index (χ2n) is 8.34. The van der Waals surface area contributed by atoms with Crippen molar-refractivity contribution >= 4 is 28.5 Å². The number of aromatic nitrogens is 2. The van der Waals surface area contributed by atoms with Crippen LogP contribution in [0.25, 0.3) is 6.08 Å². The summed E-state index contributed by atoms with van der Waals surface area (Å²) in [6.45, 7) is 6.97. The summed E-state index contributed by atoms with van der Waals surface area (Å²) in [5, 5.41) is 21.5. The number of nitrogens with one attached hydrogen (secondary N) is 1. The number of benzene rings is 2. The molecule has 1 heterocycles. The normalized spacial score (nSPS) is 11.1. The summed E-state index contributed by atoms with van der Waals surface area (Å²) in [6.07, 6.45) is 5.32. The molecular weight excluding hydrogens is 488 g/mol. The molecule has 0 radical (unpaired) electrons. The van der Waals surface area contributed by atoms with Crippen molar-refractivity contribution in [2.45, 2.75) is 46.5 Å². The van der Waals surface area contributed by atoms with Gasteiger partial charge >= 0.3 is 0 Å². The van der Waals surface area contributed by atoms with Gasteiger partial charge in [-0.3, -0.25) is 10.1 Å². The Labute approximate surface area is 221 Å². The minimum absolute atomic E-state index is 0.0565. The molecule has 0 atom stereocenters. The van der Waals surface area contributed by atoms with E-state index in [1.807, 2.05) is 25.1 Å². The van der Waals surface area contributed by atoms with Gasteiger partial charge in [0, 0.05) is 6.42 Å². The lowest BCUT2D eigenvalue weighted by Gasteiger charge is -2.13. The highest BCUT2D eigenvalue weighted by Crippen LogP contribution is 2.29. The van der Waals surface area contributed by atoms with Crippen molar-refractivity contribution in [1.29, 1.82) is 5.26 Å². The van der Waals surface area contributed by atoms with Crippen LogP contribution in [0.15, 0.2) is 42.0 Å². The minimum Gasteiger partial charge on any atom is -0.493 e. The summed E-state index contributed by atoms with van der Waals surface area (Å²) < 4.78 is 17.2. The summed E-state index contributed by atoms with van der Waals surface area (Å²) >= 11 is 1.32. The Balaban J connectivity index is 1.60. The first-order valence-electron chi connectivity index (χ1n) is 12.2. The number of carbonyl (C=O) groups is 1. The summed E-state index contributed by atoms with van der Waals surface area (Å²) in [6, 6.07) is 13.3. The zero-order valence-electron chi connectivity index (χ0n) is 21.7. The molecule has 0 saturated carbocycles. The van der Waals surface area contributed by atoms with E-state index < -0.39 is 5.91 Å². The number of aryl methyl sites for hydroxylation is 3. The molecule has 8 nitrogen and oxygen atoms in total. The van der Waals surface area contributed by atoms with Gasteiger partial charge in [-0.05, 0) is 66.8 Å². The highest BCUT2D eigenvalue weighted by molar-refractivity contribution is 7.15. The molecule has 0 unspecified atom stereocenters. The Morgan fingerprint density at radius 3 is 2.65 bits per heavy atom. The lowest BCUT2D eigenvalue weighted by Crippen LogP contribution is -2.13. The van der Waals surface area contributed by atoms with Crippen LogP contribution < -0.4 is 19.5 Å². The van der Waals surface area contributed by atoms with Crippen molar-refractivity contribution in [3.8, 4) is 23.3 Å². The number of rotatable bonds is 13. The second kappa shape index (κ2) is 14.0. The third kappa shape index (κ3) is 8.33. The van der Waals surface area contributed by atoms with Crippen LogP contribution in [-0.2, 0) is 17.6 Å². The second-order valence-corrected chi connectivity index (χ2v) is 9.41. The number of nitriles is 1. The van der Waals surface area contributed by atoms with E-state index in [9.17, 15) is 10.1 Å². The molecule has 1 amide bonds. The van der Waals surface area contributed by atoms with Crippen LogP contribution in [0.4, 0.5) is 5.13 Å². The smallest absolute Gasteiger partial charge is 0.268 e. The van der Waals surface area contributed by atoms with Crippen molar-refractivity contribution in [2.75, 3.05) is 25.6 Å². The van der Waals surface area contributed by atoms with Crippen LogP contribution >= 0.6 is 11.3 Å². The molecule has 9 heteroatoms. The van der Waals surface area contributed by atoms with Gasteiger partial charge in [-0.1, -0.05) is 43.7 Å². The minimum atomic E-state index is -0.542. The van der Waals surface area contributed by atoms with Gasteiger partial charge < -0.3 is 14.2 Å². The van der Waals surface area contributed by atoms with E-state index in [1.165, 1.54) is 30.1 Å². The number of anilines is 1. The van der Waals surface area contributed by atoms with Crippen molar-refractivity contribution in [2.24, 2.45) is 0 Å². The Morgan fingerprint density at radius 1 is 1.11 bits per heavy atom. The van der Waals surface area contributed by atoms with Crippen LogP contribution in [0.5, 0.6) is 17.2 Å². The number of carbonyl (C=O) groups excluding carboxylic acids is 1. The molecule has 1 N–H and O–H groups in total. The average molecular weight is 521 g/mol. The molecule has 0 aliphatic heterocycles. The Kier molecular flexibility index (Phi) is 10.5. The van der Waals surface area contributed by atoms with E-state index in [4.69, 9.17) is 14.2 Å². The molecule has 3 aromatic rings. The molecule has 0 aliphatic carbocycles. The monoisotopic (exact) mass is 520 g/mol. The largest absolute Gasteiger partial charge is 0.493 e. The molecule has 3 rings (SSSR count). The van der Waals surface area contributed by atoms with Gasteiger partial charge in [0.15, 0.2) is 11.5 Å². The third-order valence-corrected chi connectivity index (χ3v) is 6.32. The van der Waals surface area contributed by atoms with E-state index in [0.29, 0.717) is 35.4 Å². The first-order chi connectivity index (χ1) is 17.9.